The molecule has 1 amide bonds. The molecule has 1 aromatic rings. The number of hydrogen-bond donors (Lipinski definition) is 1. The van der Waals surface area contributed by atoms with Crippen LogP contribution in [-0.2, 0) is 4.79 Å². The summed E-state index contributed by atoms with van der Waals surface area (Å²) >= 11 is 0.802. The molecule has 1 N–H and O–H groups in total. The van der Waals surface area contributed by atoms with E-state index < -0.39 is 16.7 Å². The number of aromatic nitrogens is 2. The Hall–Kier alpha value is -0.830. The molecule has 0 bridgehead atoms. The molecule has 0 aliphatic heterocycles. The molecule has 1 heterocycles. The number of carbonyl (C=O) groups is 1. The number of thioether (sulfide) groups is 1. The number of amides is 1. The van der Waals surface area contributed by atoms with Crippen LogP contribution in [0, 0.1) is 0 Å². The normalized spacial score (nSPS) is 13.7. The van der Waals surface area contributed by atoms with Gasteiger partial charge in [-0.15, -0.1) is 10.2 Å². The Morgan fingerprint density at radius 1 is 1.33 bits per heavy atom. The predicted octanol–water partition coefficient (Wildman–Crippen LogP) is 3.24. The van der Waals surface area contributed by atoms with E-state index in [1.54, 1.807) is 0 Å². The fourth-order valence-corrected chi connectivity index (χ4v) is 2.29. The van der Waals surface area contributed by atoms with Crippen LogP contribution in [0.25, 0.3) is 0 Å². The molecule has 18 heavy (non-hydrogen) atoms. The number of hydrogen-bond acceptors (Lipinski definition) is 5. The van der Waals surface area contributed by atoms with E-state index in [1.807, 2.05) is 13.8 Å². The number of nitrogens with one attached hydrogen (secondary N) is 1. The molecule has 1 unspecified atom stereocenters. The molecular weight excluding hydrogens is 287 g/mol. The van der Waals surface area contributed by atoms with Crippen molar-refractivity contribution in [2.75, 3.05) is 5.32 Å². The van der Waals surface area contributed by atoms with Crippen LogP contribution in [0.15, 0.2) is 0 Å². The molecule has 9 heteroatoms. The number of carbonyl (C=O) groups excluding carboxylic acids is 1. The monoisotopic (exact) mass is 299 g/mol. The van der Waals surface area contributed by atoms with Crippen molar-refractivity contribution in [2.45, 2.75) is 37.4 Å². The lowest BCUT2D eigenvalue weighted by atomic mass is 10.2. The summed E-state index contributed by atoms with van der Waals surface area (Å²) in [6.45, 7) is 5.01. The molecule has 0 aliphatic carbocycles. The fraction of sp³-hybridized carbons (Fsp3) is 0.667. The Bertz CT molecular complexity index is 419. The number of nitrogens with zero attached hydrogens (tertiary/aromatic N) is 2. The van der Waals surface area contributed by atoms with Crippen molar-refractivity contribution in [3.8, 4) is 0 Å². The molecular formula is C9H12F3N3OS2. The van der Waals surface area contributed by atoms with Gasteiger partial charge >= 0.3 is 5.51 Å². The molecule has 0 aliphatic rings. The van der Waals surface area contributed by atoms with Crippen molar-refractivity contribution < 1.29 is 18.0 Å². The first-order chi connectivity index (χ1) is 8.19. The second-order valence-corrected chi connectivity index (χ2v) is 6.21. The minimum absolute atomic E-state index is 0.162. The number of halogens is 3. The summed E-state index contributed by atoms with van der Waals surface area (Å²) < 4.78 is 36.2. The number of rotatable bonds is 4. The van der Waals surface area contributed by atoms with Gasteiger partial charge in [0.05, 0.1) is 5.25 Å². The maximum Gasteiger partial charge on any atom is 0.442 e. The Morgan fingerprint density at radius 2 is 1.94 bits per heavy atom. The average molecular weight is 299 g/mol. The van der Waals surface area contributed by atoms with Crippen LogP contribution in [0.1, 0.15) is 31.7 Å². The van der Waals surface area contributed by atoms with Gasteiger partial charge in [0.25, 0.3) is 0 Å². The van der Waals surface area contributed by atoms with Crippen LogP contribution in [0.2, 0.25) is 0 Å². The van der Waals surface area contributed by atoms with E-state index in [9.17, 15) is 18.0 Å². The molecule has 0 saturated heterocycles. The zero-order valence-electron chi connectivity index (χ0n) is 9.91. The lowest BCUT2D eigenvalue weighted by Crippen LogP contribution is -2.25. The van der Waals surface area contributed by atoms with Gasteiger partial charge in [-0.05, 0) is 18.7 Å². The number of anilines is 1. The largest absolute Gasteiger partial charge is 0.442 e. The van der Waals surface area contributed by atoms with E-state index in [0.29, 0.717) is 0 Å². The highest BCUT2D eigenvalue weighted by atomic mass is 32.2. The zero-order chi connectivity index (χ0) is 13.9. The van der Waals surface area contributed by atoms with Crippen molar-refractivity contribution in [3.63, 3.8) is 0 Å². The minimum atomic E-state index is -4.43. The SMILES string of the molecule is CC(SC(F)(F)F)C(=O)Nc1nnc(C(C)C)s1. The lowest BCUT2D eigenvalue weighted by Gasteiger charge is -2.11. The quantitative estimate of drug-likeness (QED) is 0.927. The zero-order valence-corrected chi connectivity index (χ0v) is 11.5. The molecule has 0 fully saturated rings. The first-order valence-electron chi connectivity index (χ1n) is 5.08. The molecule has 1 aromatic heterocycles. The van der Waals surface area contributed by atoms with Gasteiger partial charge in [0.15, 0.2) is 0 Å². The topological polar surface area (TPSA) is 54.9 Å². The highest BCUT2D eigenvalue weighted by molar-refractivity contribution is 8.01. The summed E-state index contributed by atoms with van der Waals surface area (Å²) in [5.41, 5.74) is -4.43. The summed E-state index contributed by atoms with van der Waals surface area (Å²) in [5, 5.41) is 9.57. The first-order valence-corrected chi connectivity index (χ1v) is 6.77. The molecule has 4 nitrogen and oxygen atoms in total. The first kappa shape index (κ1) is 15.2. The third-order valence-corrected chi connectivity index (χ3v) is 3.82. The van der Waals surface area contributed by atoms with Gasteiger partial charge in [-0.2, -0.15) is 13.2 Å². The maximum atomic E-state index is 12.1. The third kappa shape index (κ3) is 4.81. The van der Waals surface area contributed by atoms with Crippen LogP contribution in [0.5, 0.6) is 0 Å². The van der Waals surface area contributed by atoms with Gasteiger partial charge in [-0.25, -0.2) is 0 Å². The second-order valence-electron chi connectivity index (χ2n) is 3.80. The lowest BCUT2D eigenvalue weighted by molar-refractivity contribution is -0.115. The van der Waals surface area contributed by atoms with E-state index in [4.69, 9.17) is 0 Å². The molecule has 0 saturated carbocycles. The molecule has 0 spiro atoms. The molecule has 0 radical (unpaired) electrons. The van der Waals surface area contributed by atoms with E-state index in [-0.39, 0.29) is 22.8 Å². The van der Waals surface area contributed by atoms with Crippen molar-refractivity contribution in [1.29, 1.82) is 0 Å². The standard InChI is InChI=1S/C9H12F3N3OS2/c1-4(2)7-14-15-8(17-7)13-6(16)5(3)18-9(10,11)12/h4-5H,1-3H3,(H,13,15,16). The van der Waals surface area contributed by atoms with Crippen LogP contribution in [0.3, 0.4) is 0 Å². The average Bonchev–Trinajstić information content (AvgIpc) is 2.63. The smallest absolute Gasteiger partial charge is 0.300 e. The Balaban J connectivity index is 2.58. The molecule has 1 atom stereocenters. The highest BCUT2D eigenvalue weighted by Crippen LogP contribution is 2.34. The van der Waals surface area contributed by atoms with Gasteiger partial charge in [0.2, 0.25) is 11.0 Å². The van der Waals surface area contributed by atoms with E-state index in [0.717, 1.165) is 16.3 Å². The number of alkyl halides is 3. The van der Waals surface area contributed by atoms with Crippen molar-refractivity contribution in [3.05, 3.63) is 5.01 Å². The van der Waals surface area contributed by atoms with Crippen LogP contribution < -0.4 is 5.32 Å². The molecule has 1 rings (SSSR count). The van der Waals surface area contributed by atoms with Gasteiger partial charge in [-0.1, -0.05) is 25.2 Å². The minimum Gasteiger partial charge on any atom is -0.300 e. The highest BCUT2D eigenvalue weighted by Gasteiger charge is 2.34. The van der Waals surface area contributed by atoms with Crippen molar-refractivity contribution in [1.82, 2.24) is 10.2 Å². The van der Waals surface area contributed by atoms with Crippen molar-refractivity contribution >= 4 is 34.1 Å². The van der Waals surface area contributed by atoms with E-state index >= 15 is 0 Å². The van der Waals surface area contributed by atoms with Crippen LogP contribution in [-0.4, -0.2) is 26.9 Å². The van der Waals surface area contributed by atoms with Crippen LogP contribution in [0.4, 0.5) is 18.3 Å². The van der Waals surface area contributed by atoms with Crippen molar-refractivity contribution in [2.24, 2.45) is 0 Å². The third-order valence-electron chi connectivity index (χ3n) is 1.84. The summed E-state index contributed by atoms with van der Waals surface area (Å²) in [4.78, 5) is 11.5. The predicted molar refractivity (Wildman–Crippen MR) is 65.7 cm³/mol. The van der Waals surface area contributed by atoms with E-state index in [2.05, 4.69) is 15.5 Å². The summed E-state index contributed by atoms with van der Waals surface area (Å²) in [6, 6.07) is 0. The van der Waals surface area contributed by atoms with Gasteiger partial charge < -0.3 is 0 Å². The Morgan fingerprint density at radius 3 is 2.39 bits per heavy atom. The van der Waals surface area contributed by atoms with Gasteiger partial charge in [0.1, 0.15) is 5.01 Å². The van der Waals surface area contributed by atoms with Gasteiger partial charge in [-0.3, -0.25) is 10.1 Å². The summed E-state index contributed by atoms with van der Waals surface area (Å²) in [5.74, 6) is -0.570. The maximum absolute atomic E-state index is 12.1. The Labute approximate surface area is 110 Å². The summed E-state index contributed by atoms with van der Waals surface area (Å²) in [6.07, 6.45) is 0. The molecule has 102 valence electrons. The fourth-order valence-electron chi connectivity index (χ4n) is 0.979. The van der Waals surface area contributed by atoms with Crippen LogP contribution >= 0.6 is 23.1 Å². The Kier molecular flexibility index (Phi) is 4.97. The molecule has 0 aromatic carbocycles. The van der Waals surface area contributed by atoms with Gasteiger partial charge in [0, 0.05) is 5.92 Å². The summed E-state index contributed by atoms with van der Waals surface area (Å²) in [7, 11) is 0. The second kappa shape index (κ2) is 5.87. The van der Waals surface area contributed by atoms with E-state index in [1.165, 1.54) is 6.92 Å².